The van der Waals surface area contributed by atoms with Crippen LogP contribution in [0.5, 0.6) is 0 Å². The topological polar surface area (TPSA) is 79.4 Å². The Kier molecular flexibility index (Phi) is 4.91. The van der Waals surface area contributed by atoms with Crippen molar-refractivity contribution < 1.29 is 28.5 Å². The molecule has 0 N–H and O–H groups in total. The van der Waals surface area contributed by atoms with Crippen molar-refractivity contribution in [2.75, 3.05) is 6.54 Å². The van der Waals surface area contributed by atoms with Crippen molar-refractivity contribution in [2.45, 2.75) is 95.3 Å². The molecule has 6 atom stereocenters. The number of fused-ring (bicyclic) bond motifs is 3. The molecule has 30 heavy (non-hydrogen) atoms. The first-order valence-electron chi connectivity index (χ1n) is 10.8. The van der Waals surface area contributed by atoms with Crippen molar-refractivity contribution in [3.05, 3.63) is 30.1 Å². The number of likely N-dealkylation sites (tertiary alicyclic amines) is 1. The third-order valence-corrected chi connectivity index (χ3v) is 6.25. The molecule has 1 aromatic rings. The number of hydrogen-bond acceptors (Lipinski definition) is 7. The molecule has 1 amide bonds. The molecule has 1 aromatic heterocycles. The van der Waals surface area contributed by atoms with Crippen LogP contribution in [0, 0.1) is 0 Å². The zero-order chi connectivity index (χ0) is 21.1. The third kappa shape index (κ3) is 3.54. The minimum absolute atomic E-state index is 0.0211. The number of piperidine rings is 1. The monoisotopic (exact) mass is 418 g/mol. The van der Waals surface area contributed by atoms with Gasteiger partial charge in [-0.2, -0.15) is 0 Å². The molecule has 4 fully saturated rings. The predicted octanol–water partition coefficient (Wildman–Crippen LogP) is 2.53. The molecule has 164 valence electrons. The Bertz CT molecular complexity index is 800. The van der Waals surface area contributed by atoms with Gasteiger partial charge in [0, 0.05) is 18.9 Å². The summed E-state index contributed by atoms with van der Waals surface area (Å²) < 4.78 is 30.5. The van der Waals surface area contributed by atoms with Gasteiger partial charge in [0.05, 0.1) is 6.04 Å². The van der Waals surface area contributed by atoms with Gasteiger partial charge >= 0.3 is 0 Å². The molecule has 0 spiro atoms. The fourth-order valence-electron chi connectivity index (χ4n) is 5.09. The van der Waals surface area contributed by atoms with Crippen molar-refractivity contribution in [1.82, 2.24) is 9.88 Å². The molecule has 4 aliphatic heterocycles. The van der Waals surface area contributed by atoms with E-state index in [-0.39, 0.29) is 11.9 Å². The van der Waals surface area contributed by atoms with E-state index in [4.69, 9.17) is 23.7 Å². The average Bonchev–Trinajstić information content (AvgIpc) is 3.21. The second-order valence-corrected chi connectivity index (χ2v) is 9.42. The molecule has 0 radical (unpaired) electrons. The van der Waals surface area contributed by atoms with Gasteiger partial charge in [-0.05, 0) is 58.6 Å². The number of amides is 1. The van der Waals surface area contributed by atoms with Crippen molar-refractivity contribution in [2.24, 2.45) is 0 Å². The van der Waals surface area contributed by atoms with Crippen LogP contribution in [0.4, 0.5) is 0 Å². The highest BCUT2D eigenvalue weighted by molar-refractivity contribution is 5.82. The molecule has 0 aromatic carbocycles. The first kappa shape index (κ1) is 20.3. The molecule has 0 aliphatic carbocycles. The lowest BCUT2D eigenvalue weighted by molar-refractivity contribution is -0.235. The van der Waals surface area contributed by atoms with Crippen molar-refractivity contribution in [1.29, 1.82) is 0 Å². The normalized spacial score (nSPS) is 39.4. The van der Waals surface area contributed by atoms with Crippen molar-refractivity contribution in [3.8, 4) is 0 Å². The van der Waals surface area contributed by atoms with E-state index in [0.29, 0.717) is 6.54 Å². The van der Waals surface area contributed by atoms with Crippen molar-refractivity contribution in [3.63, 3.8) is 0 Å². The van der Waals surface area contributed by atoms with Crippen LogP contribution in [0.1, 0.15) is 58.6 Å². The summed E-state index contributed by atoms with van der Waals surface area (Å²) in [6, 6.07) is 3.91. The van der Waals surface area contributed by atoms with Crippen LogP contribution in [0.15, 0.2) is 24.5 Å². The van der Waals surface area contributed by atoms with Gasteiger partial charge in [-0.1, -0.05) is 6.07 Å². The summed E-state index contributed by atoms with van der Waals surface area (Å²) in [5.74, 6) is -1.73. The molecule has 8 heteroatoms. The van der Waals surface area contributed by atoms with Crippen LogP contribution in [0.2, 0.25) is 0 Å². The molecule has 5 rings (SSSR count). The van der Waals surface area contributed by atoms with Gasteiger partial charge in [0.15, 0.2) is 24.0 Å². The average molecular weight is 418 g/mol. The van der Waals surface area contributed by atoms with Gasteiger partial charge in [-0.25, -0.2) is 0 Å². The molecule has 4 aliphatic rings. The molecular formula is C22H30N2O6. The molecule has 0 saturated carbocycles. The number of aromatic nitrogens is 1. The summed E-state index contributed by atoms with van der Waals surface area (Å²) in [7, 11) is 0. The number of carbonyl (C=O) groups is 1. The Hall–Kier alpha value is -1.58. The summed E-state index contributed by atoms with van der Waals surface area (Å²) in [6.07, 6.45) is 3.62. The van der Waals surface area contributed by atoms with E-state index in [2.05, 4.69) is 4.98 Å². The number of nitrogens with zero attached hydrogens (tertiary/aromatic N) is 2. The lowest BCUT2D eigenvalue weighted by Crippen LogP contribution is -2.60. The number of rotatable bonds is 2. The fourth-order valence-corrected chi connectivity index (χ4v) is 5.09. The number of hydrogen-bond donors (Lipinski definition) is 0. The second kappa shape index (κ2) is 7.24. The van der Waals surface area contributed by atoms with Gasteiger partial charge in [0.25, 0.3) is 5.91 Å². The van der Waals surface area contributed by atoms with Crippen LogP contribution >= 0.6 is 0 Å². The molecule has 0 bridgehead atoms. The summed E-state index contributed by atoms with van der Waals surface area (Å²) in [4.78, 5) is 20.0. The van der Waals surface area contributed by atoms with Gasteiger partial charge in [-0.15, -0.1) is 0 Å². The molecule has 8 nitrogen and oxygen atoms in total. The number of pyridine rings is 1. The lowest BCUT2D eigenvalue weighted by atomic mass is 9.93. The minimum Gasteiger partial charge on any atom is -0.342 e. The molecule has 5 heterocycles. The standard InChI is InChI=1S/C22H30N2O6/c1-21(2)27-15-16(28-21)18-20(30-22(3,4)29-18)26-17(15)19(25)24-11-6-5-9-14(24)13-8-7-10-23-12-13/h7-8,10,12,14-18,20H,5-6,9,11H2,1-4H3/t14-,15+,16+,17-,18-,20+/m1/s1. The first-order chi connectivity index (χ1) is 14.2. The van der Waals surface area contributed by atoms with Crippen molar-refractivity contribution >= 4 is 5.91 Å². The molecule has 4 saturated heterocycles. The number of carbonyl (C=O) groups excluding carboxylic acids is 1. The Morgan fingerprint density at radius 1 is 1.03 bits per heavy atom. The number of ether oxygens (including phenoxy) is 5. The lowest BCUT2D eigenvalue weighted by Gasteiger charge is -2.42. The van der Waals surface area contributed by atoms with Crippen LogP contribution in [0.3, 0.4) is 0 Å². The summed E-state index contributed by atoms with van der Waals surface area (Å²) in [5.41, 5.74) is 1.04. The quantitative estimate of drug-likeness (QED) is 0.730. The van der Waals surface area contributed by atoms with Crippen LogP contribution in [0.25, 0.3) is 0 Å². The molecule has 0 unspecified atom stereocenters. The van der Waals surface area contributed by atoms with E-state index in [1.54, 1.807) is 6.20 Å². The highest BCUT2D eigenvalue weighted by Crippen LogP contribution is 2.45. The van der Waals surface area contributed by atoms with Gasteiger partial charge < -0.3 is 28.6 Å². The van der Waals surface area contributed by atoms with Crippen LogP contribution < -0.4 is 0 Å². The van der Waals surface area contributed by atoms with Gasteiger partial charge in [0.2, 0.25) is 0 Å². The van der Waals surface area contributed by atoms with E-state index in [0.717, 1.165) is 24.8 Å². The maximum absolute atomic E-state index is 13.8. The SMILES string of the molecule is CC1(C)O[C@@H]2O[C@@H](C(=O)N3CCCC[C@@H]3c3cccnc3)[C@H]3OC(C)(C)O[C@@H]3[C@H]2O1. The smallest absolute Gasteiger partial charge is 0.255 e. The van der Waals surface area contributed by atoms with E-state index < -0.39 is 42.3 Å². The van der Waals surface area contributed by atoms with E-state index >= 15 is 0 Å². The summed E-state index contributed by atoms with van der Waals surface area (Å²) >= 11 is 0. The Balaban J connectivity index is 1.44. The maximum atomic E-state index is 13.8. The minimum atomic E-state index is -0.827. The first-order valence-corrected chi connectivity index (χ1v) is 10.8. The Morgan fingerprint density at radius 3 is 2.53 bits per heavy atom. The second-order valence-electron chi connectivity index (χ2n) is 9.42. The van der Waals surface area contributed by atoms with E-state index in [1.807, 2.05) is 50.9 Å². The Labute approximate surface area is 176 Å². The highest BCUT2D eigenvalue weighted by atomic mass is 16.9. The van der Waals surface area contributed by atoms with E-state index in [1.165, 1.54) is 0 Å². The van der Waals surface area contributed by atoms with Crippen LogP contribution in [-0.4, -0.2) is 64.6 Å². The zero-order valence-electron chi connectivity index (χ0n) is 17.9. The van der Waals surface area contributed by atoms with Crippen LogP contribution in [-0.2, 0) is 28.5 Å². The fraction of sp³-hybridized carbons (Fsp3) is 0.727. The Morgan fingerprint density at radius 2 is 1.77 bits per heavy atom. The highest BCUT2D eigenvalue weighted by Gasteiger charge is 2.62. The van der Waals surface area contributed by atoms with Gasteiger partial charge in [0.1, 0.15) is 18.3 Å². The third-order valence-electron chi connectivity index (χ3n) is 6.25. The summed E-state index contributed by atoms with van der Waals surface area (Å²) in [6.45, 7) is 8.05. The van der Waals surface area contributed by atoms with E-state index in [9.17, 15) is 4.79 Å². The summed E-state index contributed by atoms with van der Waals surface area (Å²) in [5, 5.41) is 0. The molecular weight excluding hydrogens is 388 g/mol. The predicted molar refractivity (Wildman–Crippen MR) is 105 cm³/mol. The van der Waals surface area contributed by atoms with Gasteiger partial charge in [-0.3, -0.25) is 9.78 Å². The largest absolute Gasteiger partial charge is 0.342 e. The maximum Gasteiger partial charge on any atom is 0.255 e. The zero-order valence-corrected chi connectivity index (χ0v) is 17.9.